The Bertz CT molecular complexity index is 671. The molecule has 1 heterocycles. The molecule has 2 aliphatic carbocycles. The van der Waals surface area contributed by atoms with Gasteiger partial charge in [0.25, 0.3) is 0 Å². The van der Waals surface area contributed by atoms with Crippen molar-refractivity contribution < 1.29 is 14.0 Å². The Hall–Kier alpha value is -1.91. The maximum Gasteiger partial charge on any atom is 0.228 e. The number of rotatable bonds is 3. The average Bonchev–Trinajstić information content (AvgIpc) is 2.93. The van der Waals surface area contributed by atoms with Crippen LogP contribution >= 0.6 is 0 Å². The van der Waals surface area contributed by atoms with Crippen LogP contribution in [0.1, 0.15) is 38.5 Å². The lowest BCUT2D eigenvalue weighted by Crippen LogP contribution is -2.34. The molecule has 3 aliphatic rings. The van der Waals surface area contributed by atoms with Crippen molar-refractivity contribution in [3.05, 3.63) is 30.1 Å². The minimum atomic E-state index is -0.354. The monoisotopic (exact) mass is 330 g/mol. The summed E-state index contributed by atoms with van der Waals surface area (Å²) < 4.78 is 13.2. The van der Waals surface area contributed by atoms with Crippen LogP contribution in [0.15, 0.2) is 24.3 Å². The second-order valence-corrected chi connectivity index (χ2v) is 7.61. The fourth-order valence-corrected chi connectivity index (χ4v) is 4.48. The Morgan fingerprint density at radius 2 is 2.04 bits per heavy atom. The fourth-order valence-electron chi connectivity index (χ4n) is 4.48. The predicted octanol–water partition coefficient (Wildman–Crippen LogP) is 3.19. The quantitative estimate of drug-likeness (QED) is 0.925. The molecule has 128 valence electrons. The second kappa shape index (κ2) is 5.87. The molecule has 0 aromatic heterocycles. The summed E-state index contributed by atoms with van der Waals surface area (Å²) in [4.78, 5) is 27.0. The van der Waals surface area contributed by atoms with Crippen LogP contribution in [0.3, 0.4) is 0 Å². The smallest absolute Gasteiger partial charge is 0.228 e. The zero-order chi connectivity index (χ0) is 16.7. The van der Waals surface area contributed by atoms with Crippen molar-refractivity contribution in [3.8, 4) is 0 Å². The normalized spacial score (nSPS) is 29.2. The summed E-state index contributed by atoms with van der Waals surface area (Å²) in [6, 6.07) is 5.97. The number of anilines is 1. The Morgan fingerprint density at radius 1 is 1.25 bits per heavy atom. The molecule has 3 fully saturated rings. The summed E-state index contributed by atoms with van der Waals surface area (Å²) in [6.45, 7) is 1.49. The van der Waals surface area contributed by atoms with Gasteiger partial charge in [0.1, 0.15) is 5.82 Å². The SMILES string of the molecule is O=C(Nc1cccc(F)c1)[C@H]1C[C@]12CCN(C(=O)C1CCCC1)C2. The maximum atomic E-state index is 13.2. The van der Waals surface area contributed by atoms with Gasteiger partial charge in [-0.2, -0.15) is 0 Å². The Kier molecular flexibility index (Phi) is 3.82. The third-order valence-electron chi connectivity index (χ3n) is 6.00. The zero-order valence-corrected chi connectivity index (χ0v) is 13.8. The third kappa shape index (κ3) is 2.80. The van der Waals surface area contributed by atoms with E-state index in [1.807, 2.05) is 4.90 Å². The first kappa shape index (κ1) is 15.6. The van der Waals surface area contributed by atoms with Crippen molar-refractivity contribution in [2.45, 2.75) is 38.5 Å². The molecular formula is C19H23FN2O2. The van der Waals surface area contributed by atoms with Gasteiger partial charge in [0.15, 0.2) is 0 Å². The van der Waals surface area contributed by atoms with Gasteiger partial charge in [0.05, 0.1) is 0 Å². The molecule has 2 saturated carbocycles. The van der Waals surface area contributed by atoms with Crippen molar-refractivity contribution >= 4 is 17.5 Å². The molecule has 0 radical (unpaired) electrons. The fraction of sp³-hybridized carbons (Fsp3) is 0.579. The lowest BCUT2D eigenvalue weighted by Gasteiger charge is -2.20. The number of nitrogens with zero attached hydrogens (tertiary/aromatic N) is 1. The number of carbonyl (C=O) groups is 2. The number of hydrogen-bond donors (Lipinski definition) is 1. The molecule has 1 aliphatic heterocycles. The summed E-state index contributed by atoms with van der Waals surface area (Å²) >= 11 is 0. The number of amides is 2. The van der Waals surface area contributed by atoms with E-state index >= 15 is 0 Å². The molecule has 4 nitrogen and oxygen atoms in total. The summed E-state index contributed by atoms with van der Waals surface area (Å²) in [5.41, 5.74) is 0.463. The van der Waals surface area contributed by atoms with Gasteiger partial charge in [-0.05, 0) is 43.9 Å². The summed E-state index contributed by atoms with van der Waals surface area (Å²) in [5, 5.41) is 2.81. The van der Waals surface area contributed by atoms with E-state index in [0.29, 0.717) is 18.1 Å². The number of nitrogens with one attached hydrogen (secondary N) is 1. The van der Waals surface area contributed by atoms with E-state index in [1.165, 1.54) is 12.1 Å². The van der Waals surface area contributed by atoms with E-state index in [1.54, 1.807) is 12.1 Å². The molecule has 4 rings (SSSR count). The topological polar surface area (TPSA) is 49.4 Å². The first-order valence-corrected chi connectivity index (χ1v) is 8.93. The lowest BCUT2D eigenvalue weighted by molar-refractivity contribution is -0.134. The van der Waals surface area contributed by atoms with Gasteiger partial charge in [-0.3, -0.25) is 9.59 Å². The molecule has 5 heteroatoms. The Labute approximate surface area is 141 Å². The minimum Gasteiger partial charge on any atom is -0.342 e. The first-order valence-electron chi connectivity index (χ1n) is 8.93. The van der Waals surface area contributed by atoms with E-state index in [-0.39, 0.29) is 29.0 Å². The molecule has 1 aromatic carbocycles. The summed E-state index contributed by atoms with van der Waals surface area (Å²) in [6.07, 6.45) is 6.11. The molecular weight excluding hydrogens is 307 g/mol. The highest BCUT2D eigenvalue weighted by atomic mass is 19.1. The van der Waals surface area contributed by atoms with Gasteiger partial charge >= 0.3 is 0 Å². The van der Waals surface area contributed by atoms with Gasteiger partial charge in [-0.1, -0.05) is 18.9 Å². The van der Waals surface area contributed by atoms with Crippen molar-refractivity contribution in [2.75, 3.05) is 18.4 Å². The summed E-state index contributed by atoms with van der Waals surface area (Å²) in [7, 11) is 0. The number of halogens is 1. The second-order valence-electron chi connectivity index (χ2n) is 7.61. The Balaban J connectivity index is 1.35. The standard InChI is InChI=1S/C19H23FN2O2/c20-14-6-3-7-15(10-14)21-17(23)16-11-19(16)8-9-22(12-19)18(24)13-4-1-2-5-13/h3,6-7,10,13,16H,1-2,4-5,8-9,11-12H2,(H,21,23)/t16-,19+/m1/s1. The molecule has 0 bridgehead atoms. The van der Waals surface area contributed by atoms with E-state index in [0.717, 1.165) is 45.1 Å². The van der Waals surface area contributed by atoms with Crippen LogP contribution in [0, 0.1) is 23.1 Å². The molecule has 1 N–H and O–H groups in total. The number of carbonyl (C=O) groups excluding carboxylic acids is 2. The minimum absolute atomic E-state index is 0.0360. The molecule has 2 amide bonds. The van der Waals surface area contributed by atoms with Crippen LogP contribution < -0.4 is 5.32 Å². The molecule has 1 saturated heterocycles. The van der Waals surface area contributed by atoms with Crippen LogP contribution in [0.4, 0.5) is 10.1 Å². The van der Waals surface area contributed by atoms with Gasteiger partial charge in [0.2, 0.25) is 11.8 Å². The predicted molar refractivity (Wildman–Crippen MR) is 88.7 cm³/mol. The van der Waals surface area contributed by atoms with Crippen molar-refractivity contribution in [1.29, 1.82) is 0 Å². The number of hydrogen-bond acceptors (Lipinski definition) is 2. The van der Waals surface area contributed by atoms with Crippen LogP contribution in [0.25, 0.3) is 0 Å². The van der Waals surface area contributed by atoms with E-state index < -0.39 is 0 Å². The van der Waals surface area contributed by atoms with Gasteiger partial charge in [-0.15, -0.1) is 0 Å². The van der Waals surface area contributed by atoms with Crippen molar-refractivity contribution in [3.63, 3.8) is 0 Å². The highest BCUT2D eigenvalue weighted by Gasteiger charge is 2.61. The van der Waals surface area contributed by atoms with Crippen LogP contribution in [-0.2, 0) is 9.59 Å². The van der Waals surface area contributed by atoms with E-state index in [4.69, 9.17) is 0 Å². The summed E-state index contributed by atoms with van der Waals surface area (Å²) in [5.74, 6) is 0.0458. The average molecular weight is 330 g/mol. The van der Waals surface area contributed by atoms with Gasteiger partial charge in [-0.25, -0.2) is 4.39 Å². The molecule has 1 spiro atoms. The third-order valence-corrected chi connectivity index (χ3v) is 6.00. The maximum absolute atomic E-state index is 13.2. The van der Waals surface area contributed by atoms with Crippen molar-refractivity contribution in [2.24, 2.45) is 17.3 Å². The highest BCUT2D eigenvalue weighted by molar-refractivity contribution is 5.95. The zero-order valence-electron chi connectivity index (χ0n) is 13.8. The number of benzene rings is 1. The molecule has 0 unspecified atom stereocenters. The largest absolute Gasteiger partial charge is 0.342 e. The molecule has 2 atom stereocenters. The number of likely N-dealkylation sites (tertiary alicyclic amines) is 1. The molecule has 1 aromatic rings. The van der Waals surface area contributed by atoms with Crippen LogP contribution in [-0.4, -0.2) is 29.8 Å². The van der Waals surface area contributed by atoms with Crippen LogP contribution in [0.5, 0.6) is 0 Å². The Morgan fingerprint density at radius 3 is 2.79 bits per heavy atom. The van der Waals surface area contributed by atoms with Gasteiger partial charge < -0.3 is 10.2 Å². The van der Waals surface area contributed by atoms with E-state index in [9.17, 15) is 14.0 Å². The van der Waals surface area contributed by atoms with Crippen LogP contribution in [0.2, 0.25) is 0 Å². The van der Waals surface area contributed by atoms with Gasteiger partial charge in [0, 0.05) is 36.0 Å². The highest BCUT2D eigenvalue weighted by Crippen LogP contribution is 2.59. The van der Waals surface area contributed by atoms with Crippen molar-refractivity contribution in [1.82, 2.24) is 4.90 Å². The molecule has 24 heavy (non-hydrogen) atoms. The lowest BCUT2D eigenvalue weighted by atomic mass is 10.0. The van der Waals surface area contributed by atoms with E-state index in [2.05, 4.69) is 5.32 Å². The first-order chi connectivity index (χ1) is 11.6.